The lowest BCUT2D eigenvalue weighted by Crippen LogP contribution is -2.07. The van der Waals surface area contributed by atoms with Gasteiger partial charge in [-0.3, -0.25) is 4.79 Å². The van der Waals surface area contributed by atoms with E-state index in [4.69, 9.17) is 23.2 Å². The number of carbonyl (C=O) groups is 1. The van der Waals surface area contributed by atoms with E-state index in [1.54, 1.807) is 67.6 Å². The van der Waals surface area contributed by atoms with E-state index in [9.17, 15) is 19.4 Å². The van der Waals surface area contributed by atoms with Gasteiger partial charge in [0.2, 0.25) is 5.78 Å². The number of imidazole rings is 1. The van der Waals surface area contributed by atoms with Crippen LogP contribution in [0.25, 0.3) is 22.4 Å². The fraction of sp³-hybridized carbons (Fsp3) is 0.0667. The van der Waals surface area contributed by atoms with Gasteiger partial charge in [-0.05, 0) is 61.0 Å². The molecule has 5 aromatic rings. The monoisotopic (exact) mass is 561 g/mol. The third-order valence-corrected chi connectivity index (χ3v) is 6.63. The number of aromatic amines is 1. The molecule has 4 aromatic carbocycles. The lowest BCUT2D eigenvalue weighted by Gasteiger charge is -2.10. The molecular weight excluding hydrogens is 540 g/mol. The number of ketones is 1. The van der Waals surface area contributed by atoms with Crippen LogP contribution in [0.3, 0.4) is 0 Å². The maximum atomic E-state index is 14.2. The largest absolute Gasteiger partial charge is 0.506 e. The van der Waals surface area contributed by atoms with E-state index in [1.807, 2.05) is 0 Å². The van der Waals surface area contributed by atoms with Crippen molar-refractivity contribution in [3.05, 3.63) is 123 Å². The minimum Gasteiger partial charge on any atom is -0.506 e. The van der Waals surface area contributed by atoms with Crippen molar-refractivity contribution in [2.45, 2.75) is 13.5 Å². The zero-order valence-corrected chi connectivity index (χ0v) is 22.1. The number of rotatable bonds is 7. The number of allylic oxidation sites excluding steroid dienone is 1. The van der Waals surface area contributed by atoms with Crippen LogP contribution in [-0.2, 0) is 6.54 Å². The second-order valence-corrected chi connectivity index (χ2v) is 9.85. The predicted octanol–water partition coefficient (Wildman–Crippen LogP) is 7.94. The van der Waals surface area contributed by atoms with E-state index in [1.165, 1.54) is 18.2 Å². The van der Waals surface area contributed by atoms with Gasteiger partial charge in [-0.2, -0.15) is 0 Å². The molecule has 0 saturated carbocycles. The van der Waals surface area contributed by atoms with Gasteiger partial charge >= 0.3 is 0 Å². The highest BCUT2D eigenvalue weighted by Crippen LogP contribution is 2.33. The average molecular weight is 562 g/mol. The van der Waals surface area contributed by atoms with Crippen molar-refractivity contribution in [3.63, 3.8) is 0 Å². The van der Waals surface area contributed by atoms with Crippen molar-refractivity contribution in [1.82, 2.24) is 9.97 Å². The number of nitrogens with zero attached hydrogens (tertiary/aromatic N) is 1. The molecule has 0 unspecified atom stereocenters. The minimum absolute atomic E-state index is 0.0595. The molecule has 0 spiro atoms. The molecule has 0 bridgehead atoms. The fourth-order valence-electron chi connectivity index (χ4n) is 4.27. The predicted molar refractivity (Wildman–Crippen MR) is 153 cm³/mol. The number of nitrogens with one attached hydrogen (secondary N) is 2. The van der Waals surface area contributed by atoms with E-state index >= 15 is 0 Å². The van der Waals surface area contributed by atoms with Crippen LogP contribution in [-0.4, -0.2) is 26.0 Å². The van der Waals surface area contributed by atoms with Crippen LogP contribution in [0.4, 0.5) is 10.1 Å². The second kappa shape index (κ2) is 10.8. The average Bonchev–Trinajstić information content (AvgIpc) is 3.32. The number of phenolic OH excluding ortho intramolecular Hbond substituents is 1. The number of aromatic nitrogens is 2. The van der Waals surface area contributed by atoms with Gasteiger partial charge in [0.25, 0.3) is 0 Å². The Morgan fingerprint density at radius 1 is 1.00 bits per heavy atom. The Labute approximate surface area is 233 Å². The number of anilines is 1. The number of aliphatic hydroxyl groups is 1. The summed E-state index contributed by atoms with van der Waals surface area (Å²) in [6.07, 6.45) is 0. The summed E-state index contributed by atoms with van der Waals surface area (Å²) < 4.78 is 14.2. The smallest absolute Gasteiger partial charge is 0.200 e. The van der Waals surface area contributed by atoms with Gasteiger partial charge in [0.1, 0.15) is 28.7 Å². The molecule has 5 rings (SSSR count). The van der Waals surface area contributed by atoms with Crippen molar-refractivity contribution >= 4 is 57.0 Å². The number of phenols is 1. The summed E-state index contributed by atoms with van der Waals surface area (Å²) in [4.78, 5) is 21.3. The highest BCUT2D eigenvalue weighted by Gasteiger charge is 2.24. The van der Waals surface area contributed by atoms with Gasteiger partial charge in [-0.15, -0.1) is 0 Å². The summed E-state index contributed by atoms with van der Waals surface area (Å²) >= 11 is 12.1. The summed E-state index contributed by atoms with van der Waals surface area (Å²) in [5.41, 5.74) is 3.36. The van der Waals surface area contributed by atoms with Crippen molar-refractivity contribution in [3.8, 4) is 5.75 Å². The Balaban J connectivity index is 1.55. The fourth-order valence-corrected chi connectivity index (χ4v) is 4.80. The Hall–Kier alpha value is -4.33. The minimum atomic E-state index is -0.532. The first-order chi connectivity index (χ1) is 18.7. The molecule has 1 heterocycles. The van der Waals surface area contributed by atoms with Crippen LogP contribution in [0.5, 0.6) is 5.75 Å². The Morgan fingerprint density at radius 2 is 1.77 bits per heavy atom. The SMILES string of the molecule is Cc1cc(F)cc(C(O)=C(C(=O)c2ccccc2)c2nc3ccc(NCc4cc(Cl)cc(Cl)c4O)cc3[nH]2)c1. The van der Waals surface area contributed by atoms with Gasteiger partial charge < -0.3 is 20.5 Å². The molecule has 0 aliphatic carbocycles. The van der Waals surface area contributed by atoms with Gasteiger partial charge in [0.15, 0.2) is 0 Å². The standard InChI is InChI=1S/C30H22Cl2FN3O3/c1-16-9-18(12-21(33)10-16)29(39)26(28(38)17-5-3-2-4-6-17)30-35-24-8-7-22(14-25(24)36-30)34-15-19-11-20(31)13-23(32)27(19)37/h2-14,34,37,39H,15H2,1H3,(H,35,36). The first kappa shape index (κ1) is 26.3. The lowest BCUT2D eigenvalue weighted by atomic mass is 9.98. The van der Waals surface area contributed by atoms with Crippen LogP contribution >= 0.6 is 23.2 Å². The maximum Gasteiger partial charge on any atom is 0.200 e. The normalized spacial score (nSPS) is 11.9. The zero-order chi connectivity index (χ0) is 27.7. The summed E-state index contributed by atoms with van der Waals surface area (Å²) in [5, 5.41) is 25.2. The van der Waals surface area contributed by atoms with Gasteiger partial charge in [0.05, 0.1) is 16.1 Å². The van der Waals surface area contributed by atoms with Crippen LogP contribution in [0.2, 0.25) is 10.0 Å². The number of aromatic hydroxyl groups is 1. The van der Waals surface area contributed by atoms with Crippen LogP contribution in [0.1, 0.15) is 32.9 Å². The third-order valence-electron chi connectivity index (χ3n) is 6.12. The summed E-state index contributed by atoms with van der Waals surface area (Å²) in [7, 11) is 0. The number of hydrogen-bond acceptors (Lipinski definition) is 5. The summed E-state index contributed by atoms with van der Waals surface area (Å²) in [5.74, 6) is -1.32. The summed E-state index contributed by atoms with van der Waals surface area (Å²) in [6.45, 7) is 1.95. The molecule has 1 aromatic heterocycles. The van der Waals surface area contributed by atoms with E-state index in [2.05, 4.69) is 15.3 Å². The molecule has 0 atom stereocenters. The van der Waals surface area contributed by atoms with Gasteiger partial charge in [0, 0.05) is 33.9 Å². The highest BCUT2D eigenvalue weighted by molar-refractivity contribution is 6.35. The number of Topliss-reactive ketones (excluding diaryl/α,β-unsaturated/α-hetero) is 1. The van der Waals surface area contributed by atoms with Gasteiger partial charge in [-0.1, -0.05) is 53.5 Å². The molecular formula is C30H22Cl2FN3O3. The molecule has 0 aliphatic heterocycles. The Kier molecular flexibility index (Phi) is 7.28. The molecule has 0 fully saturated rings. The number of halogens is 3. The molecule has 39 heavy (non-hydrogen) atoms. The van der Waals surface area contributed by atoms with Crippen molar-refractivity contribution in [2.24, 2.45) is 0 Å². The zero-order valence-electron chi connectivity index (χ0n) is 20.6. The lowest BCUT2D eigenvalue weighted by molar-refractivity contribution is 0.105. The Morgan fingerprint density at radius 3 is 2.51 bits per heavy atom. The van der Waals surface area contributed by atoms with Crippen molar-refractivity contribution in [1.29, 1.82) is 0 Å². The molecule has 196 valence electrons. The van der Waals surface area contributed by atoms with E-state index in [0.717, 1.165) is 0 Å². The number of H-pyrrole nitrogens is 1. The number of aryl methyl sites for hydroxylation is 1. The summed E-state index contributed by atoms with van der Waals surface area (Å²) in [6, 6.07) is 21.0. The second-order valence-electron chi connectivity index (χ2n) is 9.00. The Bertz CT molecular complexity index is 1730. The molecule has 4 N–H and O–H groups in total. The van der Waals surface area contributed by atoms with Crippen LogP contribution < -0.4 is 5.32 Å². The van der Waals surface area contributed by atoms with Crippen LogP contribution in [0, 0.1) is 12.7 Å². The number of benzene rings is 4. The quantitative estimate of drug-likeness (QED) is 0.0917. The maximum absolute atomic E-state index is 14.2. The van der Waals surface area contributed by atoms with E-state index < -0.39 is 17.4 Å². The van der Waals surface area contributed by atoms with Crippen molar-refractivity contribution < 1.29 is 19.4 Å². The number of aliphatic hydroxyl groups excluding tert-OH is 1. The third kappa shape index (κ3) is 5.60. The molecule has 6 nitrogen and oxygen atoms in total. The molecule has 0 radical (unpaired) electrons. The number of hydrogen-bond donors (Lipinski definition) is 4. The first-order valence-electron chi connectivity index (χ1n) is 11.9. The first-order valence-corrected chi connectivity index (χ1v) is 12.7. The van der Waals surface area contributed by atoms with E-state index in [0.29, 0.717) is 38.4 Å². The van der Waals surface area contributed by atoms with Crippen LogP contribution in [0.15, 0.2) is 78.9 Å². The van der Waals surface area contributed by atoms with Crippen molar-refractivity contribution in [2.75, 3.05) is 5.32 Å². The number of carbonyl (C=O) groups excluding carboxylic acids is 1. The molecule has 0 amide bonds. The molecule has 0 aliphatic rings. The molecule has 9 heteroatoms. The van der Waals surface area contributed by atoms with Gasteiger partial charge in [-0.25, -0.2) is 9.37 Å². The number of fused-ring (bicyclic) bond motifs is 1. The topological polar surface area (TPSA) is 98.2 Å². The highest BCUT2D eigenvalue weighted by atomic mass is 35.5. The molecule has 0 saturated heterocycles. The van der Waals surface area contributed by atoms with E-state index in [-0.39, 0.29) is 34.3 Å².